The highest BCUT2D eigenvalue weighted by atomic mass is 16.3. The van der Waals surface area contributed by atoms with Gasteiger partial charge in [0, 0.05) is 44.0 Å². The summed E-state index contributed by atoms with van der Waals surface area (Å²) in [6.45, 7) is 8.64. The van der Waals surface area contributed by atoms with Crippen molar-refractivity contribution in [3.63, 3.8) is 0 Å². The van der Waals surface area contributed by atoms with Crippen molar-refractivity contribution in [2.75, 3.05) is 38.0 Å². The smallest absolute Gasteiger partial charge is 0.238 e. The molecule has 1 amide bonds. The number of nitrogens with one attached hydrogen (secondary N) is 1. The van der Waals surface area contributed by atoms with E-state index in [2.05, 4.69) is 40.2 Å². The lowest BCUT2D eigenvalue weighted by molar-refractivity contribution is -0.117. The van der Waals surface area contributed by atoms with E-state index < -0.39 is 0 Å². The maximum absolute atomic E-state index is 12.5. The van der Waals surface area contributed by atoms with Crippen molar-refractivity contribution in [3.8, 4) is 5.75 Å². The lowest BCUT2D eigenvalue weighted by atomic mass is 10.0. The molecule has 156 valence electrons. The predicted octanol–water partition coefficient (Wildman–Crippen LogP) is 3.92. The van der Waals surface area contributed by atoms with Gasteiger partial charge in [0.15, 0.2) is 0 Å². The Bertz CT molecular complexity index is 1060. The molecule has 0 saturated carbocycles. The number of nitrogens with zero attached hydrogens (tertiary/aromatic N) is 2. The summed E-state index contributed by atoms with van der Waals surface area (Å²) >= 11 is 0. The van der Waals surface area contributed by atoms with Crippen LogP contribution in [0.25, 0.3) is 10.8 Å². The summed E-state index contributed by atoms with van der Waals surface area (Å²) in [6.07, 6.45) is 0. The summed E-state index contributed by atoms with van der Waals surface area (Å²) in [5.41, 5.74) is 4.17. The van der Waals surface area contributed by atoms with E-state index in [1.807, 2.05) is 37.3 Å². The van der Waals surface area contributed by atoms with Crippen molar-refractivity contribution < 1.29 is 9.90 Å². The Morgan fingerprint density at radius 2 is 1.67 bits per heavy atom. The molecule has 0 radical (unpaired) electrons. The van der Waals surface area contributed by atoms with Gasteiger partial charge in [0.2, 0.25) is 5.91 Å². The van der Waals surface area contributed by atoms with Crippen LogP contribution in [-0.4, -0.2) is 53.5 Å². The summed E-state index contributed by atoms with van der Waals surface area (Å²) in [4.78, 5) is 17.1. The van der Waals surface area contributed by atoms with Gasteiger partial charge in [-0.15, -0.1) is 0 Å². The number of carbonyl (C=O) groups is 1. The Kier molecular flexibility index (Phi) is 6.02. The van der Waals surface area contributed by atoms with E-state index in [-0.39, 0.29) is 5.91 Å². The number of hydrogen-bond donors (Lipinski definition) is 2. The molecule has 5 heteroatoms. The van der Waals surface area contributed by atoms with Crippen LogP contribution in [0.15, 0.2) is 54.6 Å². The van der Waals surface area contributed by atoms with Gasteiger partial charge < -0.3 is 10.4 Å². The van der Waals surface area contributed by atoms with Crippen LogP contribution in [0.4, 0.5) is 5.69 Å². The molecule has 3 aromatic rings. The summed E-state index contributed by atoms with van der Waals surface area (Å²) in [5.74, 6) is 0.382. The number of rotatable bonds is 5. The van der Waals surface area contributed by atoms with E-state index in [9.17, 15) is 9.90 Å². The van der Waals surface area contributed by atoms with E-state index in [4.69, 9.17) is 0 Å². The highest BCUT2D eigenvalue weighted by Crippen LogP contribution is 2.28. The van der Waals surface area contributed by atoms with Crippen molar-refractivity contribution in [1.82, 2.24) is 9.80 Å². The van der Waals surface area contributed by atoms with E-state index in [1.54, 1.807) is 6.07 Å². The maximum atomic E-state index is 12.5. The number of phenols is 1. The first-order valence-corrected chi connectivity index (χ1v) is 10.5. The summed E-state index contributed by atoms with van der Waals surface area (Å²) in [6, 6.07) is 17.9. The number of carbonyl (C=O) groups excluding carboxylic acids is 1. The number of piperazine rings is 1. The molecule has 1 heterocycles. The Hall–Kier alpha value is -2.89. The van der Waals surface area contributed by atoms with Gasteiger partial charge in [0.1, 0.15) is 5.75 Å². The fourth-order valence-electron chi connectivity index (χ4n) is 4.10. The van der Waals surface area contributed by atoms with Crippen LogP contribution in [0.5, 0.6) is 5.75 Å². The SMILES string of the molecule is Cc1cccc(NC(=O)CN2CCN(Cc3c(O)ccc4ccccc34)CC2)c1C. The Morgan fingerprint density at radius 3 is 2.47 bits per heavy atom. The van der Waals surface area contributed by atoms with E-state index in [0.29, 0.717) is 12.3 Å². The second kappa shape index (κ2) is 8.86. The van der Waals surface area contributed by atoms with Crippen LogP contribution >= 0.6 is 0 Å². The second-order valence-electron chi connectivity index (χ2n) is 8.13. The molecular weight excluding hydrogens is 374 g/mol. The number of hydrogen-bond acceptors (Lipinski definition) is 4. The van der Waals surface area contributed by atoms with Crippen molar-refractivity contribution in [1.29, 1.82) is 0 Å². The highest BCUT2D eigenvalue weighted by molar-refractivity contribution is 5.93. The molecular formula is C25H29N3O2. The molecule has 1 aliphatic rings. The number of fused-ring (bicyclic) bond motifs is 1. The number of aryl methyl sites for hydroxylation is 1. The largest absolute Gasteiger partial charge is 0.508 e. The van der Waals surface area contributed by atoms with Crippen molar-refractivity contribution >= 4 is 22.4 Å². The molecule has 0 aliphatic carbocycles. The van der Waals surface area contributed by atoms with E-state index in [0.717, 1.165) is 60.3 Å². The van der Waals surface area contributed by atoms with Crippen LogP contribution < -0.4 is 5.32 Å². The third kappa shape index (κ3) is 4.48. The standard InChI is InChI=1S/C25H29N3O2/c1-18-6-5-9-23(19(18)2)26-25(30)17-28-14-12-27(13-15-28)16-22-21-8-4-3-7-20(21)10-11-24(22)29/h3-11,29H,12-17H2,1-2H3,(H,26,30). The van der Waals surface area contributed by atoms with Gasteiger partial charge in [-0.1, -0.05) is 42.5 Å². The first-order valence-electron chi connectivity index (χ1n) is 10.5. The fraction of sp³-hybridized carbons (Fsp3) is 0.320. The Labute approximate surface area is 177 Å². The molecule has 0 unspecified atom stereocenters. The van der Waals surface area contributed by atoms with Gasteiger partial charge in [0.05, 0.1) is 6.54 Å². The zero-order chi connectivity index (χ0) is 21.1. The number of phenolic OH excluding ortho intramolecular Hbond substituents is 1. The molecule has 3 aromatic carbocycles. The van der Waals surface area contributed by atoms with Crippen LogP contribution in [0, 0.1) is 13.8 Å². The third-order valence-corrected chi connectivity index (χ3v) is 6.11. The van der Waals surface area contributed by atoms with E-state index >= 15 is 0 Å². The van der Waals surface area contributed by atoms with Crippen LogP contribution in [0.1, 0.15) is 16.7 Å². The lowest BCUT2D eigenvalue weighted by Crippen LogP contribution is -2.48. The minimum Gasteiger partial charge on any atom is -0.508 e. The summed E-state index contributed by atoms with van der Waals surface area (Å²) in [7, 11) is 0. The molecule has 4 rings (SSSR count). The molecule has 5 nitrogen and oxygen atoms in total. The van der Waals surface area contributed by atoms with Gasteiger partial charge in [-0.3, -0.25) is 14.6 Å². The second-order valence-corrected chi connectivity index (χ2v) is 8.13. The number of amides is 1. The van der Waals surface area contributed by atoms with Gasteiger partial charge in [0.25, 0.3) is 0 Å². The quantitative estimate of drug-likeness (QED) is 0.678. The average molecular weight is 404 g/mol. The third-order valence-electron chi connectivity index (χ3n) is 6.11. The molecule has 0 aromatic heterocycles. The lowest BCUT2D eigenvalue weighted by Gasteiger charge is -2.34. The monoisotopic (exact) mass is 403 g/mol. The molecule has 0 bridgehead atoms. The van der Waals surface area contributed by atoms with Crippen LogP contribution in [0.3, 0.4) is 0 Å². The average Bonchev–Trinajstić information content (AvgIpc) is 2.75. The topological polar surface area (TPSA) is 55.8 Å². The highest BCUT2D eigenvalue weighted by Gasteiger charge is 2.21. The minimum atomic E-state index is 0.0313. The predicted molar refractivity (Wildman–Crippen MR) is 122 cm³/mol. The van der Waals surface area contributed by atoms with Gasteiger partial charge in [-0.25, -0.2) is 0 Å². The maximum Gasteiger partial charge on any atom is 0.238 e. The number of anilines is 1. The molecule has 1 fully saturated rings. The Morgan fingerprint density at radius 1 is 0.933 bits per heavy atom. The molecule has 0 atom stereocenters. The van der Waals surface area contributed by atoms with E-state index in [1.165, 1.54) is 5.56 Å². The summed E-state index contributed by atoms with van der Waals surface area (Å²) < 4.78 is 0. The zero-order valence-corrected chi connectivity index (χ0v) is 17.7. The van der Waals surface area contributed by atoms with Crippen molar-refractivity contribution in [3.05, 3.63) is 71.3 Å². The van der Waals surface area contributed by atoms with Crippen molar-refractivity contribution in [2.45, 2.75) is 20.4 Å². The van der Waals surface area contributed by atoms with Crippen LogP contribution in [0.2, 0.25) is 0 Å². The molecule has 30 heavy (non-hydrogen) atoms. The first kappa shape index (κ1) is 20.4. The molecule has 1 aliphatic heterocycles. The minimum absolute atomic E-state index is 0.0313. The zero-order valence-electron chi connectivity index (χ0n) is 17.7. The summed E-state index contributed by atoms with van der Waals surface area (Å²) in [5, 5.41) is 15.7. The Balaban J connectivity index is 1.33. The number of aromatic hydroxyl groups is 1. The van der Waals surface area contributed by atoms with Crippen molar-refractivity contribution in [2.24, 2.45) is 0 Å². The molecule has 0 spiro atoms. The number of benzene rings is 3. The first-order chi connectivity index (χ1) is 14.5. The molecule has 2 N–H and O–H groups in total. The van der Waals surface area contributed by atoms with Gasteiger partial charge in [-0.2, -0.15) is 0 Å². The molecule has 1 saturated heterocycles. The fourth-order valence-corrected chi connectivity index (χ4v) is 4.10. The van der Waals surface area contributed by atoms with Crippen LogP contribution in [-0.2, 0) is 11.3 Å². The normalized spacial score (nSPS) is 15.4. The van der Waals surface area contributed by atoms with Gasteiger partial charge >= 0.3 is 0 Å². The van der Waals surface area contributed by atoms with Gasteiger partial charge in [-0.05, 0) is 47.9 Å².